The Balaban J connectivity index is 2.23. The number of hydrogen-bond donors (Lipinski definition) is 2. The summed E-state index contributed by atoms with van der Waals surface area (Å²) in [5, 5.41) is 3.35. The number of aromatic nitrogens is 2. The molecule has 0 saturated carbocycles. The summed E-state index contributed by atoms with van der Waals surface area (Å²) in [5.74, 6) is 2.36. The van der Waals surface area contributed by atoms with Crippen molar-refractivity contribution in [3.63, 3.8) is 0 Å². The highest BCUT2D eigenvalue weighted by atomic mass is 79.9. The molecular formula is C15H19BrN4. The standard InChI is InChI=1S/C15H19BrN4/c1-9(2)14-19-13(17)10(3)15(20-14)18-8-11-6-4-5-7-12(11)16/h4-7,9H,8H2,1-3H3,(H3,17,18,19,20). The molecule has 0 atom stereocenters. The average Bonchev–Trinajstić information content (AvgIpc) is 2.41. The minimum atomic E-state index is 0.252. The van der Waals surface area contributed by atoms with E-state index in [-0.39, 0.29) is 5.92 Å². The highest BCUT2D eigenvalue weighted by molar-refractivity contribution is 9.10. The second-order valence-electron chi connectivity index (χ2n) is 5.04. The third-order valence-electron chi connectivity index (χ3n) is 3.12. The van der Waals surface area contributed by atoms with E-state index in [0.29, 0.717) is 12.4 Å². The fourth-order valence-corrected chi connectivity index (χ4v) is 2.23. The van der Waals surface area contributed by atoms with Gasteiger partial charge in [-0.25, -0.2) is 9.97 Å². The van der Waals surface area contributed by atoms with Gasteiger partial charge in [0.1, 0.15) is 17.5 Å². The SMILES string of the molecule is Cc1c(N)nc(C(C)C)nc1NCc1ccccc1Br. The molecule has 0 aliphatic carbocycles. The topological polar surface area (TPSA) is 63.8 Å². The molecule has 0 unspecified atom stereocenters. The summed E-state index contributed by atoms with van der Waals surface area (Å²) in [4.78, 5) is 8.88. The van der Waals surface area contributed by atoms with Crippen LogP contribution >= 0.6 is 15.9 Å². The van der Waals surface area contributed by atoms with Crippen molar-refractivity contribution in [3.05, 3.63) is 45.7 Å². The predicted octanol–water partition coefficient (Wildman–Crippen LogP) is 3.87. The Morgan fingerprint density at radius 3 is 2.60 bits per heavy atom. The Morgan fingerprint density at radius 1 is 1.25 bits per heavy atom. The fraction of sp³-hybridized carbons (Fsp3) is 0.333. The Bertz CT molecular complexity index is 611. The molecule has 0 spiro atoms. The molecule has 20 heavy (non-hydrogen) atoms. The van der Waals surface area contributed by atoms with Crippen molar-refractivity contribution >= 4 is 27.6 Å². The van der Waals surface area contributed by atoms with Gasteiger partial charge in [0.05, 0.1) is 0 Å². The quantitative estimate of drug-likeness (QED) is 0.890. The molecule has 3 N–H and O–H groups in total. The molecule has 5 heteroatoms. The number of rotatable bonds is 4. The first-order valence-corrected chi connectivity index (χ1v) is 7.39. The number of nitrogens with one attached hydrogen (secondary N) is 1. The molecule has 1 aromatic carbocycles. The molecule has 1 heterocycles. The fourth-order valence-electron chi connectivity index (χ4n) is 1.80. The van der Waals surface area contributed by atoms with Gasteiger partial charge in [-0.05, 0) is 18.6 Å². The van der Waals surface area contributed by atoms with Gasteiger partial charge in [-0.1, -0.05) is 48.0 Å². The zero-order valence-corrected chi connectivity index (χ0v) is 13.5. The maximum Gasteiger partial charge on any atom is 0.135 e. The lowest BCUT2D eigenvalue weighted by atomic mass is 10.2. The van der Waals surface area contributed by atoms with Crippen LogP contribution in [-0.2, 0) is 6.54 Å². The highest BCUT2D eigenvalue weighted by Crippen LogP contribution is 2.23. The molecule has 0 fully saturated rings. The highest BCUT2D eigenvalue weighted by Gasteiger charge is 2.11. The van der Waals surface area contributed by atoms with Crippen molar-refractivity contribution in [2.24, 2.45) is 0 Å². The lowest BCUT2D eigenvalue weighted by Crippen LogP contribution is -2.10. The van der Waals surface area contributed by atoms with Crippen LogP contribution in [-0.4, -0.2) is 9.97 Å². The van der Waals surface area contributed by atoms with E-state index in [0.717, 1.165) is 21.7 Å². The summed E-state index contributed by atoms with van der Waals surface area (Å²) in [6.45, 7) is 6.74. The maximum absolute atomic E-state index is 5.96. The van der Waals surface area contributed by atoms with E-state index in [1.54, 1.807) is 0 Å². The minimum Gasteiger partial charge on any atom is -0.383 e. The molecule has 2 rings (SSSR count). The first kappa shape index (κ1) is 14.8. The van der Waals surface area contributed by atoms with Crippen molar-refractivity contribution < 1.29 is 0 Å². The van der Waals surface area contributed by atoms with Crippen LogP contribution in [0.2, 0.25) is 0 Å². The van der Waals surface area contributed by atoms with Crippen molar-refractivity contribution in [1.82, 2.24) is 9.97 Å². The van der Waals surface area contributed by atoms with Gasteiger partial charge in [0.2, 0.25) is 0 Å². The molecule has 0 aliphatic heterocycles. The van der Waals surface area contributed by atoms with Gasteiger partial charge in [-0.3, -0.25) is 0 Å². The lowest BCUT2D eigenvalue weighted by molar-refractivity contribution is 0.774. The van der Waals surface area contributed by atoms with E-state index >= 15 is 0 Å². The number of hydrogen-bond acceptors (Lipinski definition) is 4. The monoisotopic (exact) mass is 334 g/mol. The smallest absolute Gasteiger partial charge is 0.135 e. The number of benzene rings is 1. The number of nitrogen functional groups attached to an aromatic ring is 1. The van der Waals surface area contributed by atoms with Crippen molar-refractivity contribution in [2.75, 3.05) is 11.1 Å². The summed E-state index contributed by atoms with van der Waals surface area (Å²) in [7, 11) is 0. The first-order valence-electron chi connectivity index (χ1n) is 6.60. The van der Waals surface area contributed by atoms with Gasteiger partial charge >= 0.3 is 0 Å². The Hall–Kier alpha value is -1.62. The Labute approximate surface area is 128 Å². The summed E-state index contributed by atoms with van der Waals surface area (Å²) < 4.78 is 1.08. The minimum absolute atomic E-state index is 0.252. The van der Waals surface area contributed by atoms with Gasteiger partial charge in [0, 0.05) is 22.5 Å². The second-order valence-corrected chi connectivity index (χ2v) is 5.89. The zero-order chi connectivity index (χ0) is 14.7. The van der Waals surface area contributed by atoms with Gasteiger partial charge in [-0.2, -0.15) is 0 Å². The summed E-state index contributed by atoms with van der Waals surface area (Å²) in [6.07, 6.45) is 0. The first-order chi connectivity index (χ1) is 9.49. The van der Waals surface area contributed by atoms with Crippen LogP contribution < -0.4 is 11.1 Å². The van der Waals surface area contributed by atoms with Gasteiger partial charge in [0.15, 0.2) is 0 Å². The van der Waals surface area contributed by atoms with Crippen LogP contribution in [0, 0.1) is 6.92 Å². The lowest BCUT2D eigenvalue weighted by Gasteiger charge is -2.14. The van der Waals surface area contributed by atoms with Crippen molar-refractivity contribution in [3.8, 4) is 0 Å². The number of anilines is 2. The van der Waals surface area contributed by atoms with E-state index in [9.17, 15) is 0 Å². The van der Waals surface area contributed by atoms with Crippen LogP contribution in [0.3, 0.4) is 0 Å². The van der Waals surface area contributed by atoms with Crippen LogP contribution in [0.25, 0.3) is 0 Å². The van der Waals surface area contributed by atoms with Gasteiger partial charge in [0.25, 0.3) is 0 Å². The summed E-state index contributed by atoms with van der Waals surface area (Å²) >= 11 is 3.54. The summed E-state index contributed by atoms with van der Waals surface area (Å²) in [6, 6.07) is 8.11. The van der Waals surface area contributed by atoms with E-state index in [2.05, 4.69) is 51.1 Å². The molecule has 106 valence electrons. The van der Waals surface area contributed by atoms with Crippen LogP contribution in [0.4, 0.5) is 11.6 Å². The third kappa shape index (κ3) is 3.28. The molecule has 0 radical (unpaired) electrons. The molecule has 0 saturated heterocycles. The van der Waals surface area contributed by atoms with E-state index in [4.69, 9.17) is 5.73 Å². The van der Waals surface area contributed by atoms with Gasteiger partial charge < -0.3 is 11.1 Å². The molecule has 4 nitrogen and oxygen atoms in total. The molecule has 0 aliphatic rings. The normalized spacial score (nSPS) is 10.8. The predicted molar refractivity (Wildman–Crippen MR) is 86.7 cm³/mol. The van der Waals surface area contributed by atoms with Crippen LogP contribution in [0.15, 0.2) is 28.7 Å². The Kier molecular flexibility index (Phi) is 4.60. The average molecular weight is 335 g/mol. The summed E-state index contributed by atoms with van der Waals surface area (Å²) in [5.41, 5.74) is 8.02. The second kappa shape index (κ2) is 6.22. The van der Waals surface area contributed by atoms with Crippen LogP contribution in [0.5, 0.6) is 0 Å². The Morgan fingerprint density at radius 2 is 1.95 bits per heavy atom. The number of nitrogens with zero attached hydrogens (tertiary/aromatic N) is 2. The zero-order valence-electron chi connectivity index (χ0n) is 11.9. The molecule has 2 aromatic rings. The molecule has 0 amide bonds. The van der Waals surface area contributed by atoms with E-state index in [1.807, 2.05) is 25.1 Å². The number of halogens is 1. The van der Waals surface area contributed by atoms with Crippen LogP contribution in [0.1, 0.15) is 36.7 Å². The maximum atomic E-state index is 5.96. The molecule has 0 bridgehead atoms. The molecule has 1 aromatic heterocycles. The molecular weight excluding hydrogens is 316 g/mol. The largest absolute Gasteiger partial charge is 0.383 e. The number of nitrogens with two attached hydrogens (primary N) is 1. The van der Waals surface area contributed by atoms with E-state index in [1.165, 1.54) is 5.56 Å². The third-order valence-corrected chi connectivity index (χ3v) is 3.89. The van der Waals surface area contributed by atoms with Gasteiger partial charge in [-0.15, -0.1) is 0 Å². The van der Waals surface area contributed by atoms with E-state index < -0.39 is 0 Å². The van der Waals surface area contributed by atoms with Crippen molar-refractivity contribution in [2.45, 2.75) is 33.2 Å². The van der Waals surface area contributed by atoms with Crippen molar-refractivity contribution in [1.29, 1.82) is 0 Å².